The van der Waals surface area contributed by atoms with Crippen LogP contribution in [0.3, 0.4) is 0 Å². The van der Waals surface area contributed by atoms with Crippen molar-refractivity contribution in [3.63, 3.8) is 0 Å². The molecule has 0 aromatic heterocycles. The Morgan fingerprint density at radius 1 is 0.586 bits per heavy atom. The molecular formula is C26H29GaN2. The van der Waals surface area contributed by atoms with Gasteiger partial charge in [-0.3, -0.25) is 0 Å². The molecule has 0 radical (unpaired) electrons. The van der Waals surface area contributed by atoms with Crippen molar-refractivity contribution in [2.45, 2.75) is 13.1 Å². The van der Waals surface area contributed by atoms with Crippen LogP contribution in [0.2, 0.25) is 0 Å². The van der Waals surface area contributed by atoms with Gasteiger partial charge in [0.2, 0.25) is 0 Å². The molecule has 0 amide bonds. The average molecular weight is 439 g/mol. The monoisotopic (exact) mass is 438 g/mol. The maximum atomic E-state index is 2.39. The third kappa shape index (κ3) is 4.29. The number of rotatable bonds is 5. The number of benzene rings is 3. The van der Waals surface area contributed by atoms with Crippen LogP contribution in [0.5, 0.6) is 0 Å². The first-order chi connectivity index (χ1) is 14.0. The zero-order valence-electron chi connectivity index (χ0n) is 17.9. The fourth-order valence-electron chi connectivity index (χ4n) is 4.50. The van der Waals surface area contributed by atoms with Gasteiger partial charge in [-0.25, -0.2) is 0 Å². The molecule has 2 nitrogen and oxygen atoms in total. The van der Waals surface area contributed by atoms with E-state index in [2.05, 4.69) is 117 Å². The summed E-state index contributed by atoms with van der Waals surface area (Å²) in [6, 6.07) is 25.1. The summed E-state index contributed by atoms with van der Waals surface area (Å²) in [4.78, 5) is 4.60. The van der Waals surface area contributed by atoms with E-state index in [9.17, 15) is 0 Å². The van der Waals surface area contributed by atoms with Gasteiger partial charge in [0.05, 0.1) is 0 Å². The Labute approximate surface area is 180 Å². The van der Waals surface area contributed by atoms with Crippen LogP contribution in [0.15, 0.2) is 66.7 Å². The van der Waals surface area contributed by atoms with Crippen LogP contribution >= 0.6 is 0 Å². The van der Waals surface area contributed by atoms with Gasteiger partial charge in [-0.15, -0.1) is 0 Å². The second kappa shape index (κ2) is 8.76. The third-order valence-corrected chi connectivity index (χ3v) is 13.2. The maximum absolute atomic E-state index is 2.39. The number of nitrogens with zero attached hydrogens (tertiary/aromatic N) is 2. The quantitative estimate of drug-likeness (QED) is 0.442. The molecule has 0 spiro atoms. The van der Waals surface area contributed by atoms with E-state index in [4.69, 9.17) is 0 Å². The van der Waals surface area contributed by atoms with Crippen LogP contribution in [0.4, 0.5) is 0 Å². The van der Waals surface area contributed by atoms with Crippen LogP contribution in [0.25, 0.3) is 12.2 Å². The fraction of sp³-hybridized carbons (Fsp3) is 0.231. The fourth-order valence-corrected chi connectivity index (χ4v) is 12.3. The second-order valence-electron chi connectivity index (χ2n) is 8.49. The van der Waals surface area contributed by atoms with E-state index in [1.165, 1.54) is 22.3 Å². The zero-order valence-corrected chi connectivity index (χ0v) is 20.3. The minimum absolute atomic E-state index is 0.982. The number of fused-ring (bicyclic) bond motifs is 2. The van der Waals surface area contributed by atoms with E-state index in [1.807, 2.05) is 0 Å². The summed E-state index contributed by atoms with van der Waals surface area (Å²) >= 11 is -2.29. The van der Waals surface area contributed by atoms with Crippen molar-refractivity contribution in [3.8, 4) is 0 Å². The van der Waals surface area contributed by atoms with E-state index in [-0.39, 0.29) is 0 Å². The molecule has 0 bridgehead atoms. The molecule has 0 aliphatic carbocycles. The van der Waals surface area contributed by atoms with E-state index >= 15 is 0 Å². The van der Waals surface area contributed by atoms with Crippen molar-refractivity contribution >= 4 is 40.7 Å². The van der Waals surface area contributed by atoms with Gasteiger partial charge in [0.25, 0.3) is 0 Å². The summed E-state index contributed by atoms with van der Waals surface area (Å²) in [5.74, 6) is 0. The topological polar surface area (TPSA) is 6.48 Å². The van der Waals surface area contributed by atoms with Gasteiger partial charge >= 0.3 is 181 Å². The zero-order chi connectivity index (χ0) is 20.4. The Kier molecular flexibility index (Phi) is 6.11. The van der Waals surface area contributed by atoms with E-state index < -0.39 is 16.2 Å². The predicted molar refractivity (Wildman–Crippen MR) is 128 cm³/mol. The SMILES string of the molecule is CN(C)Cc1cccc(CN(C)C)[c]1[Ga]1[c]2ccccc2C=Cc2cccc[c]21. The molecule has 3 heteroatoms. The van der Waals surface area contributed by atoms with E-state index in [1.54, 1.807) is 12.4 Å². The molecule has 146 valence electrons. The molecule has 0 atom stereocenters. The molecule has 0 saturated carbocycles. The summed E-state index contributed by atoms with van der Waals surface area (Å²) in [6.45, 7) is 1.96. The van der Waals surface area contributed by atoms with E-state index in [0.717, 1.165) is 13.1 Å². The van der Waals surface area contributed by atoms with Gasteiger partial charge in [0, 0.05) is 0 Å². The van der Waals surface area contributed by atoms with Crippen LogP contribution in [0.1, 0.15) is 22.3 Å². The molecule has 1 aliphatic heterocycles. The normalized spacial score (nSPS) is 12.8. The molecule has 0 N–H and O–H groups in total. The van der Waals surface area contributed by atoms with E-state index in [0.29, 0.717) is 0 Å². The minimum atomic E-state index is -2.29. The molecule has 29 heavy (non-hydrogen) atoms. The van der Waals surface area contributed by atoms with Gasteiger partial charge < -0.3 is 0 Å². The average Bonchev–Trinajstić information content (AvgIpc) is 2.85. The predicted octanol–water partition coefficient (Wildman–Crippen LogP) is 2.81. The Morgan fingerprint density at radius 2 is 1.03 bits per heavy atom. The standard InChI is InChI=1S/C14H10.C12H19N2.Ga/c1-3-7-13(8-4-1)11-12-14-9-5-2-6-10-14;1-13(2)9-11-6-5-7-12(8-11)10-14(3)4;/h1-7,9,11-12H;5-7H,9-10H2,1-4H3;. The second-order valence-corrected chi connectivity index (χ2v) is 14.1. The van der Waals surface area contributed by atoms with Gasteiger partial charge in [-0.2, -0.15) is 0 Å². The van der Waals surface area contributed by atoms with Crippen molar-refractivity contribution in [2.75, 3.05) is 28.2 Å². The first-order valence-corrected chi connectivity index (χ1v) is 13.9. The molecule has 0 unspecified atom stereocenters. The Hall–Kier alpha value is -2.04. The number of hydrogen-bond donors (Lipinski definition) is 0. The van der Waals surface area contributed by atoms with Crippen molar-refractivity contribution in [1.29, 1.82) is 0 Å². The summed E-state index contributed by atoms with van der Waals surface area (Å²) in [6.07, 6.45) is 4.64. The molecule has 1 heterocycles. The summed E-state index contributed by atoms with van der Waals surface area (Å²) in [5, 5.41) is 0. The molecule has 3 aromatic rings. The van der Waals surface area contributed by atoms with Crippen molar-refractivity contribution in [1.82, 2.24) is 9.80 Å². The van der Waals surface area contributed by atoms with Gasteiger partial charge in [0.1, 0.15) is 0 Å². The summed E-state index contributed by atoms with van der Waals surface area (Å²) < 4.78 is 4.80. The molecule has 0 saturated heterocycles. The van der Waals surface area contributed by atoms with Crippen molar-refractivity contribution < 1.29 is 0 Å². The van der Waals surface area contributed by atoms with Gasteiger partial charge in [-0.1, -0.05) is 0 Å². The van der Waals surface area contributed by atoms with Crippen LogP contribution in [-0.4, -0.2) is 54.2 Å². The Bertz CT molecular complexity index is 959. The summed E-state index contributed by atoms with van der Waals surface area (Å²) in [5.41, 5.74) is 5.77. The Morgan fingerprint density at radius 3 is 1.48 bits per heavy atom. The number of hydrogen-bond acceptors (Lipinski definition) is 2. The Balaban J connectivity index is 2.02. The molecule has 3 aromatic carbocycles. The first-order valence-electron chi connectivity index (χ1n) is 10.3. The molecular weight excluding hydrogens is 410 g/mol. The van der Waals surface area contributed by atoms with Crippen molar-refractivity contribution in [2.24, 2.45) is 0 Å². The van der Waals surface area contributed by atoms with Crippen molar-refractivity contribution in [3.05, 3.63) is 89.0 Å². The molecule has 4 rings (SSSR count). The van der Waals surface area contributed by atoms with Crippen LogP contribution in [0, 0.1) is 0 Å². The summed E-state index contributed by atoms with van der Waals surface area (Å²) in [7, 11) is 8.69. The first kappa shape index (κ1) is 20.2. The molecule has 1 aliphatic rings. The van der Waals surface area contributed by atoms with Crippen LogP contribution < -0.4 is 12.4 Å². The third-order valence-electron chi connectivity index (χ3n) is 5.61. The van der Waals surface area contributed by atoms with Gasteiger partial charge in [-0.05, 0) is 0 Å². The molecule has 0 fully saturated rings. The van der Waals surface area contributed by atoms with Crippen LogP contribution in [-0.2, 0) is 13.1 Å². The van der Waals surface area contributed by atoms with Gasteiger partial charge in [0.15, 0.2) is 0 Å².